The summed E-state index contributed by atoms with van der Waals surface area (Å²) in [6, 6.07) is 13.1. The summed E-state index contributed by atoms with van der Waals surface area (Å²) in [6.45, 7) is 0.437. The van der Waals surface area contributed by atoms with Crippen LogP contribution in [-0.2, 0) is 20.4 Å². The summed E-state index contributed by atoms with van der Waals surface area (Å²) >= 11 is 7.86. The number of rotatable bonds is 8. The fraction of sp³-hybridized carbons (Fsp3) is 0.269. The third kappa shape index (κ3) is 5.11. The first kappa shape index (κ1) is 26.1. The molecule has 1 aliphatic heterocycles. The third-order valence-corrected chi connectivity index (χ3v) is 10.2. The van der Waals surface area contributed by atoms with Crippen LogP contribution in [0.3, 0.4) is 0 Å². The second-order valence-corrected chi connectivity index (χ2v) is 13.1. The van der Waals surface area contributed by atoms with E-state index in [4.69, 9.17) is 21.4 Å². The van der Waals surface area contributed by atoms with Crippen molar-refractivity contribution in [1.82, 2.24) is 14.7 Å². The van der Waals surface area contributed by atoms with Gasteiger partial charge in [0.15, 0.2) is 0 Å². The second-order valence-electron chi connectivity index (χ2n) is 9.62. The average molecular weight is 587 g/mol. The van der Waals surface area contributed by atoms with Gasteiger partial charge in [-0.2, -0.15) is 0 Å². The van der Waals surface area contributed by atoms with Gasteiger partial charge in [0.2, 0.25) is 10.0 Å². The molecule has 1 saturated carbocycles. The minimum absolute atomic E-state index is 0.0261. The number of fused-ring (bicyclic) bond motifs is 1. The van der Waals surface area contributed by atoms with Crippen LogP contribution in [0.1, 0.15) is 35.0 Å². The number of ether oxygens (including phenoxy) is 1. The van der Waals surface area contributed by atoms with Gasteiger partial charge in [-0.25, -0.2) is 22.9 Å². The Kier molecular flexibility index (Phi) is 6.57. The molecular formula is C26H23ClN4O6S2. The number of sulfonamides is 1. The number of carbonyl (C=O) groups is 1. The van der Waals surface area contributed by atoms with Gasteiger partial charge in [0.25, 0.3) is 0 Å². The maximum Gasteiger partial charge on any atom is 0.410 e. The van der Waals surface area contributed by atoms with Crippen molar-refractivity contribution in [2.75, 3.05) is 18.5 Å². The molecule has 4 N–H and O–H groups in total. The molecule has 2 aliphatic rings. The highest BCUT2D eigenvalue weighted by Gasteiger charge is 2.39. The molecule has 2 fully saturated rings. The van der Waals surface area contributed by atoms with Crippen molar-refractivity contribution in [3.8, 4) is 11.3 Å². The summed E-state index contributed by atoms with van der Waals surface area (Å²) in [5, 5.41) is 22.7. The maximum absolute atomic E-state index is 13.1. The smallest absolute Gasteiger partial charge is 0.410 e. The highest BCUT2D eigenvalue weighted by Crippen LogP contribution is 2.41. The molecule has 1 atom stereocenters. The van der Waals surface area contributed by atoms with Crippen LogP contribution in [0.5, 0.6) is 0 Å². The molecule has 1 saturated heterocycles. The predicted octanol–water partition coefficient (Wildman–Crippen LogP) is 4.49. The number of benzene rings is 1. The molecule has 1 unspecified atom stereocenters. The Morgan fingerprint density at radius 2 is 1.97 bits per heavy atom. The standard InChI is InChI=1S/C26H23ClN4O6S2/c27-18-6-7-21(30-25(32)33)29-22(18)23(31-39(35,36)16-4-5-16)20-10-14-2-1-3-17(24(14)38-20)19-11-15(8-9-28-19)26(34)12-37-13-26/h1-3,6-11,16,23,31,34H,4-5,12-13H2,(H,29,30)(H,32,33). The first-order valence-corrected chi connectivity index (χ1v) is 14.8. The Balaban J connectivity index is 1.46. The van der Waals surface area contributed by atoms with E-state index in [9.17, 15) is 18.3 Å². The van der Waals surface area contributed by atoms with Gasteiger partial charge in [-0.05, 0) is 54.1 Å². The number of hydrogen-bond acceptors (Lipinski definition) is 8. The van der Waals surface area contributed by atoms with E-state index in [1.165, 1.54) is 23.5 Å². The number of aliphatic hydroxyl groups is 1. The lowest BCUT2D eigenvalue weighted by Crippen LogP contribution is -2.46. The van der Waals surface area contributed by atoms with E-state index in [0.717, 1.165) is 15.6 Å². The molecule has 10 nitrogen and oxygen atoms in total. The van der Waals surface area contributed by atoms with E-state index in [0.29, 0.717) is 29.0 Å². The van der Waals surface area contributed by atoms with Crippen LogP contribution >= 0.6 is 22.9 Å². The van der Waals surface area contributed by atoms with Gasteiger partial charge in [0.05, 0.1) is 40.9 Å². The lowest BCUT2D eigenvalue weighted by atomic mass is 9.91. The zero-order valence-electron chi connectivity index (χ0n) is 20.3. The highest BCUT2D eigenvalue weighted by molar-refractivity contribution is 7.90. The number of carboxylic acid groups (broad SMARTS) is 1. The quantitative estimate of drug-likeness (QED) is 0.236. The lowest BCUT2D eigenvalue weighted by molar-refractivity contribution is -0.184. The van der Waals surface area contributed by atoms with Crippen LogP contribution in [0.15, 0.2) is 54.7 Å². The number of anilines is 1. The predicted molar refractivity (Wildman–Crippen MR) is 148 cm³/mol. The van der Waals surface area contributed by atoms with E-state index < -0.39 is 33.0 Å². The summed E-state index contributed by atoms with van der Waals surface area (Å²) in [6.07, 6.45) is 1.48. The number of thiophene rings is 1. The summed E-state index contributed by atoms with van der Waals surface area (Å²) in [7, 11) is -3.68. The number of amides is 1. The van der Waals surface area contributed by atoms with Gasteiger partial charge in [-0.3, -0.25) is 10.3 Å². The Hall–Kier alpha value is -3.13. The highest BCUT2D eigenvalue weighted by atomic mass is 35.5. The maximum atomic E-state index is 13.1. The molecule has 0 bridgehead atoms. The Morgan fingerprint density at radius 1 is 1.18 bits per heavy atom. The number of halogens is 1. The minimum atomic E-state index is -3.68. The number of aromatic nitrogens is 2. The first-order chi connectivity index (χ1) is 18.6. The molecule has 0 radical (unpaired) electrons. The van der Waals surface area contributed by atoms with E-state index >= 15 is 0 Å². The molecule has 3 aromatic heterocycles. The normalized spacial score (nSPS) is 17.5. The molecule has 4 aromatic rings. The molecule has 1 amide bonds. The van der Waals surface area contributed by atoms with Crippen LogP contribution in [0.4, 0.5) is 10.6 Å². The zero-order chi connectivity index (χ0) is 27.4. The summed E-state index contributed by atoms with van der Waals surface area (Å²) in [4.78, 5) is 20.7. The van der Waals surface area contributed by atoms with E-state index in [1.54, 1.807) is 12.3 Å². The third-order valence-electron chi connectivity index (χ3n) is 6.73. The van der Waals surface area contributed by atoms with Crippen molar-refractivity contribution in [1.29, 1.82) is 0 Å². The Labute approximate surface area is 232 Å². The zero-order valence-corrected chi connectivity index (χ0v) is 22.7. The monoisotopic (exact) mass is 586 g/mol. The SMILES string of the molecule is O=C(O)Nc1ccc(Cl)c(C(NS(=O)(=O)C2CC2)c2cc3cccc(-c4cc(C5(O)COC5)ccn4)c3s2)n1. The van der Waals surface area contributed by atoms with Crippen LogP contribution in [0, 0.1) is 0 Å². The molecule has 1 aliphatic carbocycles. The summed E-state index contributed by atoms with van der Waals surface area (Å²) < 4.78 is 35.0. The Bertz CT molecular complexity index is 1700. The number of pyridine rings is 2. The average Bonchev–Trinajstić information content (AvgIpc) is 3.67. The largest absolute Gasteiger partial charge is 0.465 e. The minimum Gasteiger partial charge on any atom is -0.465 e. The van der Waals surface area contributed by atoms with Crippen molar-refractivity contribution >= 4 is 55.0 Å². The van der Waals surface area contributed by atoms with Gasteiger partial charge in [-0.15, -0.1) is 11.3 Å². The number of nitrogens with one attached hydrogen (secondary N) is 2. The fourth-order valence-electron chi connectivity index (χ4n) is 4.48. The topological polar surface area (TPSA) is 151 Å². The van der Waals surface area contributed by atoms with Crippen LogP contribution in [0.2, 0.25) is 5.02 Å². The molecule has 13 heteroatoms. The molecule has 39 heavy (non-hydrogen) atoms. The molecule has 1 aromatic carbocycles. The molecule has 0 spiro atoms. The van der Waals surface area contributed by atoms with Crippen molar-refractivity contribution in [3.05, 3.63) is 75.9 Å². The number of nitrogens with zero attached hydrogens (tertiary/aromatic N) is 2. The van der Waals surface area contributed by atoms with Crippen molar-refractivity contribution in [2.24, 2.45) is 0 Å². The van der Waals surface area contributed by atoms with Gasteiger partial charge < -0.3 is 14.9 Å². The van der Waals surface area contributed by atoms with Crippen LogP contribution in [0.25, 0.3) is 21.3 Å². The van der Waals surface area contributed by atoms with E-state index in [-0.39, 0.29) is 29.7 Å². The molecule has 4 heterocycles. The van der Waals surface area contributed by atoms with Gasteiger partial charge in [0.1, 0.15) is 11.4 Å². The summed E-state index contributed by atoms with van der Waals surface area (Å²) in [5.41, 5.74) is 1.33. The summed E-state index contributed by atoms with van der Waals surface area (Å²) in [5.74, 6) is 0.0261. The van der Waals surface area contributed by atoms with Crippen molar-refractivity contribution in [3.63, 3.8) is 0 Å². The van der Waals surface area contributed by atoms with E-state index in [2.05, 4.69) is 20.0 Å². The van der Waals surface area contributed by atoms with Crippen LogP contribution in [-0.4, -0.2) is 53.2 Å². The fourth-order valence-corrected chi connectivity index (χ4v) is 7.53. The van der Waals surface area contributed by atoms with Gasteiger partial charge in [-0.1, -0.05) is 29.8 Å². The molecule has 6 rings (SSSR count). The van der Waals surface area contributed by atoms with E-state index in [1.807, 2.05) is 30.3 Å². The number of hydrogen-bond donors (Lipinski definition) is 4. The molecular weight excluding hydrogens is 564 g/mol. The van der Waals surface area contributed by atoms with Crippen LogP contribution < -0.4 is 10.0 Å². The van der Waals surface area contributed by atoms with Gasteiger partial charge in [0, 0.05) is 21.3 Å². The second kappa shape index (κ2) is 9.81. The Morgan fingerprint density at radius 3 is 2.67 bits per heavy atom. The first-order valence-electron chi connectivity index (χ1n) is 12.1. The molecule has 202 valence electrons. The van der Waals surface area contributed by atoms with Crippen molar-refractivity contribution in [2.45, 2.75) is 29.7 Å². The lowest BCUT2D eigenvalue weighted by Gasteiger charge is -2.36. The van der Waals surface area contributed by atoms with Gasteiger partial charge >= 0.3 is 6.09 Å². The van der Waals surface area contributed by atoms with Crippen molar-refractivity contribution < 1.29 is 28.2 Å².